The van der Waals surface area contributed by atoms with Crippen molar-refractivity contribution in [3.05, 3.63) is 30.3 Å². The predicted molar refractivity (Wildman–Crippen MR) is 112 cm³/mol. The first-order chi connectivity index (χ1) is 14.5. The number of fused-ring (bicyclic) bond motifs is 1. The van der Waals surface area contributed by atoms with Crippen LogP contribution in [-0.2, 0) is 23.9 Å². The van der Waals surface area contributed by atoms with E-state index >= 15 is 0 Å². The fourth-order valence-corrected chi connectivity index (χ4v) is 3.80. The Balaban J connectivity index is 2.06. The Morgan fingerprint density at radius 2 is 1.90 bits per heavy atom. The molecule has 3 rings (SSSR count). The topological polar surface area (TPSA) is 115 Å². The maximum Gasteiger partial charge on any atom is 0.352 e. The van der Waals surface area contributed by atoms with E-state index in [0.717, 1.165) is 12.3 Å². The van der Waals surface area contributed by atoms with E-state index in [9.17, 15) is 19.5 Å². The van der Waals surface area contributed by atoms with Crippen LogP contribution in [0.25, 0.3) is 10.9 Å². The number of aromatic nitrogens is 1. The Kier molecular flexibility index (Phi) is 5.91. The van der Waals surface area contributed by atoms with Gasteiger partial charge < -0.3 is 24.2 Å². The lowest BCUT2D eigenvalue weighted by molar-refractivity contribution is -0.218. The summed E-state index contributed by atoms with van der Waals surface area (Å²) >= 11 is 0. The average Bonchev–Trinajstić information content (AvgIpc) is 2.70. The summed E-state index contributed by atoms with van der Waals surface area (Å²) in [6.45, 7) is 6.16. The third-order valence-electron chi connectivity index (χ3n) is 5.37. The standard InChI is InChI=1S/C22H26N2O7/c1-13(25)31-22(20(27)28,21(2,3)4)18-19(26)24(10-11-30-18)15-8-6-14-7-9-17(29-5)23-16(14)12-15/h6-9,12,18H,10-11H2,1-5H3,(H,27,28)/t18-,22+/m0/s1. The van der Waals surface area contributed by atoms with Gasteiger partial charge in [-0.3, -0.25) is 9.59 Å². The van der Waals surface area contributed by atoms with Gasteiger partial charge in [-0.15, -0.1) is 0 Å². The Hall–Kier alpha value is -3.20. The van der Waals surface area contributed by atoms with E-state index in [1.807, 2.05) is 12.1 Å². The van der Waals surface area contributed by atoms with Gasteiger partial charge in [0.1, 0.15) is 0 Å². The van der Waals surface area contributed by atoms with E-state index in [1.54, 1.807) is 39.0 Å². The second kappa shape index (κ2) is 8.14. The number of aliphatic carboxylic acids is 1. The summed E-state index contributed by atoms with van der Waals surface area (Å²) in [5.41, 5.74) is -2.19. The molecule has 0 aliphatic carbocycles. The lowest BCUT2D eigenvalue weighted by atomic mass is 9.71. The molecule has 1 fully saturated rings. The fourth-order valence-electron chi connectivity index (χ4n) is 3.80. The number of methoxy groups -OCH3 is 1. The van der Waals surface area contributed by atoms with Crippen LogP contribution in [0, 0.1) is 5.41 Å². The van der Waals surface area contributed by atoms with E-state index in [4.69, 9.17) is 14.2 Å². The number of rotatable bonds is 5. The van der Waals surface area contributed by atoms with Gasteiger partial charge in [-0.1, -0.05) is 26.8 Å². The van der Waals surface area contributed by atoms with Crippen molar-refractivity contribution in [2.24, 2.45) is 5.41 Å². The number of amides is 1. The first-order valence-corrected chi connectivity index (χ1v) is 9.82. The van der Waals surface area contributed by atoms with Crippen molar-refractivity contribution >= 4 is 34.4 Å². The van der Waals surface area contributed by atoms with Crippen molar-refractivity contribution in [2.45, 2.75) is 39.4 Å². The van der Waals surface area contributed by atoms with Crippen LogP contribution in [0.15, 0.2) is 30.3 Å². The molecule has 2 heterocycles. The van der Waals surface area contributed by atoms with Crippen LogP contribution in [0.2, 0.25) is 0 Å². The Bertz CT molecular complexity index is 1030. The third-order valence-corrected chi connectivity index (χ3v) is 5.37. The minimum Gasteiger partial charge on any atom is -0.481 e. The molecule has 0 bridgehead atoms. The lowest BCUT2D eigenvalue weighted by Crippen LogP contribution is -2.68. The van der Waals surface area contributed by atoms with Gasteiger partial charge >= 0.3 is 11.9 Å². The molecule has 1 amide bonds. The molecule has 1 aliphatic heterocycles. The molecule has 0 unspecified atom stereocenters. The largest absolute Gasteiger partial charge is 0.481 e. The summed E-state index contributed by atoms with van der Waals surface area (Å²) in [7, 11) is 1.52. The molecular formula is C22H26N2O7. The van der Waals surface area contributed by atoms with Crippen molar-refractivity contribution in [1.82, 2.24) is 4.98 Å². The molecule has 0 spiro atoms. The minimum absolute atomic E-state index is 0.0758. The molecule has 166 valence electrons. The van der Waals surface area contributed by atoms with Crippen molar-refractivity contribution < 1.29 is 33.7 Å². The molecule has 9 heteroatoms. The van der Waals surface area contributed by atoms with Gasteiger partial charge in [-0.05, 0) is 18.2 Å². The molecule has 9 nitrogen and oxygen atoms in total. The lowest BCUT2D eigenvalue weighted by Gasteiger charge is -2.46. The maximum atomic E-state index is 13.5. The smallest absolute Gasteiger partial charge is 0.352 e. The van der Waals surface area contributed by atoms with Gasteiger partial charge in [-0.25, -0.2) is 9.78 Å². The van der Waals surface area contributed by atoms with Crippen LogP contribution in [0.1, 0.15) is 27.7 Å². The van der Waals surface area contributed by atoms with Crippen molar-refractivity contribution in [2.75, 3.05) is 25.2 Å². The van der Waals surface area contributed by atoms with Gasteiger partial charge in [0.2, 0.25) is 11.5 Å². The zero-order chi connectivity index (χ0) is 23.0. The number of anilines is 1. The molecule has 1 aliphatic rings. The molecule has 0 saturated carbocycles. The van der Waals surface area contributed by atoms with Crippen LogP contribution >= 0.6 is 0 Å². The highest BCUT2D eigenvalue weighted by Gasteiger charge is 2.63. The minimum atomic E-state index is -2.20. The summed E-state index contributed by atoms with van der Waals surface area (Å²) < 4.78 is 16.1. The number of benzene rings is 1. The van der Waals surface area contributed by atoms with Gasteiger partial charge in [-0.2, -0.15) is 0 Å². The third kappa shape index (κ3) is 3.93. The number of ether oxygens (including phenoxy) is 3. The number of nitrogens with zero attached hydrogens (tertiary/aromatic N) is 2. The monoisotopic (exact) mass is 430 g/mol. The summed E-state index contributed by atoms with van der Waals surface area (Å²) in [4.78, 5) is 43.5. The molecule has 31 heavy (non-hydrogen) atoms. The van der Waals surface area contributed by atoms with Crippen molar-refractivity contribution in [3.63, 3.8) is 0 Å². The first-order valence-electron chi connectivity index (χ1n) is 9.82. The summed E-state index contributed by atoms with van der Waals surface area (Å²) in [6, 6.07) is 8.88. The average molecular weight is 430 g/mol. The summed E-state index contributed by atoms with van der Waals surface area (Å²) in [6.07, 6.45) is -1.52. The van der Waals surface area contributed by atoms with Crippen LogP contribution in [-0.4, -0.2) is 59.9 Å². The van der Waals surface area contributed by atoms with Gasteiger partial charge in [0.15, 0.2) is 6.10 Å². The van der Waals surface area contributed by atoms with Crippen LogP contribution in [0.5, 0.6) is 5.88 Å². The number of carboxylic acid groups (broad SMARTS) is 1. The number of hydrogen-bond acceptors (Lipinski definition) is 7. The molecule has 1 aromatic carbocycles. The molecule has 0 radical (unpaired) electrons. The SMILES string of the molecule is COc1ccc2ccc(N3CCO[C@H]([C@@](OC(C)=O)(C(=O)O)C(C)(C)C)C3=O)cc2n1. The number of hydrogen-bond donors (Lipinski definition) is 1. The fraction of sp³-hybridized carbons (Fsp3) is 0.455. The van der Waals surface area contributed by atoms with Crippen LogP contribution in [0.4, 0.5) is 5.69 Å². The zero-order valence-electron chi connectivity index (χ0n) is 18.2. The molecule has 1 aromatic heterocycles. The van der Waals surface area contributed by atoms with E-state index in [0.29, 0.717) is 17.1 Å². The first kappa shape index (κ1) is 22.5. The zero-order valence-corrected chi connectivity index (χ0v) is 18.2. The van der Waals surface area contributed by atoms with Crippen molar-refractivity contribution in [1.29, 1.82) is 0 Å². The number of morpholine rings is 1. The second-order valence-corrected chi connectivity index (χ2v) is 8.36. The number of carbonyl (C=O) groups excluding carboxylic acids is 2. The molecule has 1 N–H and O–H groups in total. The Labute approximate surface area is 179 Å². The van der Waals surface area contributed by atoms with E-state index < -0.39 is 35.0 Å². The maximum absolute atomic E-state index is 13.5. The van der Waals surface area contributed by atoms with E-state index in [1.165, 1.54) is 12.0 Å². The quantitative estimate of drug-likeness (QED) is 0.719. The van der Waals surface area contributed by atoms with E-state index in [2.05, 4.69) is 4.98 Å². The number of carbonyl (C=O) groups is 3. The highest BCUT2D eigenvalue weighted by molar-refractivity contribution is 6.03. The molecular weight excluding hydrogens is 404 g/mol. The number of pyridine rings is 1. The normalized spacial score (nSPS) is 19.1. The molecule has 2 atom stereocenters. The van der Waals surface area contributed by atoms with Crippen molar-refractivity contribution in [3.8, 4) is 5.88 Å². The van der Waals surface area contributed by atoms with Crippen LogP contribution in [0.3, 0.4) is 0 Å². The second-order valence-electron chi connectivity index (χ2n) is 8.36. The van der Waals surface area contributed by atoms with Gasteiger partial charge in [0.05, 0.1) is 19.2 Å². The number of esters is 1. The predicted octanol–water partition coefficient (Wildman–Crippen LogP) is 2.41. The Morgan fingerprint density at radius 3 is 2.48 bits per heavy atom. The summed E-state index contributed by atoms with van der Waals surface area (Å²) in [5, 5.41) is 10.9. The van der Waals surface area contributed by atoms with Gasteiger partial charge in [0.25, 0.3) is 5.91 Å². The number of carboxylic acids is 1. The summed E-state index contributed by atoms with van der Waals surface area (Å²) in [5.74, 6) is -2.43. The highest BCUT2D eigenvalue weighted by Crippen LogP contribution is 2.41. The van der Waals surface area contributed by atoms with E-state index in [-0.39, 0.29) is 13.2 Å². The van der Waals surface area contributed by atoms with Gasteiger partial charge in [0, 0.05) is 36.0 Å². The molecule has 1 saturated heterocycles. The highest BCUT2D eigenvalue weighted by atomic mass is 16.6. The van der Waals surface area contributed by atoms with Crippen LogP contribution < -0.4 is 9.64 Å². The Morgan fingerprint density at radius 1 is 1.23 bits per heavy atom. The molecule has 2 aromatic rings.